The summed E-state index contributed by atoms with van der Waals surface area (Å²) < 4.78 is 4.71. The quantitative estimate of drug-likeness (QED) is 0.439. The molecule has 1 rings (SSSR count). The Bertz CT molecular complexity index is 101. The molecule has 46 valence electrons. The van der Waals surface area contributed by atoms with Crippen molar-refractivity contribution in [3.8, 4) is 0 Å². The van der Waals surface area contributed by atoms with Gasteiger partial charge in [-0.25, -0.2) is 0 Å². The average molecular weight is 115 g/mol. The van der Waals surface area contributed by atoms with Crippen LogP contribution < -0.4 is 5.73 Å². The molecular weight excluding hydrogens is 106 g/mol. The minimum atomic E-state index is -0.176. The number of hydrogen-bond acceptors (Lipinski definition) is 3. The number of esters is 1. The van der Waals surface area contributed by atoms with Crippen LogP contribution in [0.4, 0.5) is 0 Å². The fourth-order valence-electron chi connectivity index (χ4n) is 0.701. The van der Waals surface area contributed by atoms with Crippen LogP contribution >= 0.6 is 0 Å². The van der Waals surface area contributed by atoms with Gasteiger partial charge in [-0.1, -0.05) is 0 Å². The molecule has 1 saturated heterocycles. The van der Waals surface area contributed by atoms with Crippen molar-refractivity contribution in [1.82, 2.24) is 0 Å². The van der Waals surface area contributed by atoms with E-state index >= 15 is 0 Å². The summed E-state index contributed by atoms with van der Waals surface area (Å²) in [4.78, 5) is 10.4. The molecule has 2 atom stereocenters. The normalized spacial score (nSPS) is 37.5. The van der Waals surface area contributed by atoms with E-state index < -0.39 is 0 Å². The lowest BCUT2D eigenvalue weighted by Crippen LogP contribution is -2.26. The van der Waals surface area contributed by atoms with Crippen LogP contribution in [0.1, 0.15) is 13.3 Å². The maximum Gasteiger partial charge on any atom is 0.307 e. The fourth-order valence-corrected chi connectivity index (χ4v) is 0.701. The second-order valence-electron chi connectivity index (χ2n) is 2.06. The van der Waals surface area contributed by atoms with Crippen LogP contribution in [0.25, 0.3) is 0 Å². The van der Waals surface area contributed by atoms with Crippen molar-refractivity contribution in [3.05, 3.63) is 0 Å². The van der Waals surface area contributed by atoms with Gasteiger partial charge in [0.2, 0.25) is 0 Å². The molecule has 3 nitrogen and oxygen atoms in total. The molecule has 0 bridgehead atoms. The summed E-state index contributed by atoms with van der Waals surface area (Å²) in [5.74, 6) is -0.176. The van der Waals surface area contributed by atoms with Gasteiger partial charge in [-0.15, -0.1) is 0 Å². The zero-order valence-electron chi connectivity index (χ0n) is 4.76. The molecule has 0 aromatic carbocycles. The maximum atomic E-state index is 10.4. The molecule has 0 saturated carbocycles. The van der Waals surface area contributed by atoms with Crippen molar-refractivity contribution < 1.29 is 9.53 Å². The molecule has 1 aliphatic heterocycles. The molecule has 1 aliphatic rings. The first-order chi connectivity index (χ1) is 3.70. The first-order valence-corrected chi connectivity index (χ1v) is 2.65. The molecule has 0 radical (unpaired) electrons. The van der Waals surface area contributed by atoms with Crippen molar-refractivity contribution in [2.45, 2.75) is 25.5 Å². The van der Waals surface area contributed by atoms with Crippen LogP contribution in [0.2, 0.25) is 0 Å². The van der Waals surface area contributed by atoms with Gasteiger partial charge in [0.25, 0.3) is 0 Å². The summed E-state index contributed by atoms with van der Waals surface area (Å²) in [6.07, 6.45) is 0.295. The lowest BCUT2D eigenvalue weighted by atomic mass is 10.2. The Labute approximate surface area is 47.8 Å². The van der Waals surface area contributed by atoms with E-state index in [0.29, 0.717) is 6.42 Å². The van der Waals surface area contributed by atoms with Gasteiger partial charge in [-0.3, -0.25) is 4.79 Å². The Hall–Kier alpha value is -0.570. The van der Waals surface area contributed by atoms with Gasteiger partial charge in [0.15, 0.2) is 0 Å². The van der Waals surface area contributed by atoms with Crippen LogP contribution in [0.15, 0.2) is 0 Å². The summed E-state index contributed by atoms with van der Waals surface area (Å²) in [6, 6.07) is -0.0810. The van der Waals surface area contributed by atoms with Gasteiger partial charge in [-0.05, 0) is 6.92 Å². The Morgan fingerprint density at radius 3 is 2.62 bits per heavy atom. The third-order valence-corrected chi connectivity index (χ3v) is 1.32. The molecule has 0 aromatic heterocycles. The van der Waals surface area contributed by atoms with E-state index in [9.17, 15) is 4.79 Å². The van der Waals surface area contributed by atoms with Crippen LogP contribution in [-0.4, -0.2) is 18.1 Å². The van der Waals surface area contributed by atoms with Crippen LogP contribution in [0, 0.1) is 0 Å². The van der Waals surface area contributed by atoms with E-state index in [2.05, 4.69) is 0 Å². The summed E-state index contributed by atoms with van der Waals surface area (Å²) >= 11 is 0. The van der Waals surface area contributed by atoms with Gasteiger partial charge in [0.1, 0.15) is 6.10 Å². The molecule has 3 heteroatoms. The number of rotatable bonds is 0. The zero-order valence-corrected chi connectivity index (χ0v) is 4.76. The summed E-state index contributed by atoms with van der Waals surface area (Å²) in [7, 11) is 0. The summed E-state index contributed by atoms with van der Waals surface area (Å²) in [6.45, 7) is 1.80. The molecule has 0 aromatic rings. The van der Waals surface area contributed by atoms with E-state index in [4.69, 9.17) is 10.5 Å². The Balaban J connectivity index is 2.51. The lowest BCUT2D eigenvalue weighted by Gasteiger charge is -2.03. The third-order valence-electron chi connectivity index (χ3n) is 1.32. The van der Waals surface area contributed by atoms with Crippen LogP contribution in [0.5, 0.6) is 0 Å². The Kier molecular flexibility index (Phi) is 1.21. The van der Waals surface area contributed by atoms with Gasteiger partial charge in [0, 0.05) is 0 Å². The van der Waals surface area contributed by atoms with E-state index in [1.165, 1.54) is 0 Å². The van der Waals surface area contributed by atoms with Crippen molar-refractivity contribution in [2.24, 2.45) is 5.73 Å². The predicted molar refractivity (Wildman–Crippen MR) is 28.1 cm³/mol. The number of nitrogens with two attached hydrogens (primary N) is 1. The number of ether oxygens (including phenoxy) is 1. The molecule has 0 amide bonds. The second kappa shape index (κ2) is 1.74. The highest BCUT2D eigenvalue weighted by atomic mass is 16.5. The predicted octanol–water partition coefficient (Wildman–Crippen LogP) is -0.351. The van der Waals surface area contributed by atoms with E-state index in [0.717, 1.165) is 0 Å². The molecule has 2 unspecified atom stereocenters. The lowest BCUT2D eigenvalue weighted by molar-refractivity contribution is -0.140. The standard InChI is InChI=1S/C5H9NO2/c1-3-4(6)2-5(7)8-3/h3-4H,2,6H2,1H3. The highest BCUT2D eigenvalue weighted by molar-refractivity contribution is 5.72. The highest BCUT2D eigenvalue weighted by Gasteiger charge is 2.27. The Morgan fingerprint density at radius 1 is 1.88 bits per heavy atom. The zero-order chi connectivity index (χ0) is 6.15. The maximum absolute atomic E-state index is 10.4. The first-order valence-electron chi connectivity index (χ1n) is 2.65. The van der Waals surface area contributed by atoms with E-state index in [1.807, 2.05) is 0 Å². The number of carbonyl (C=O) groups excluding carboxylic acids is 1. The first kappa shape index (κ1) is 5.56. The minimum absolute atomic E-state index is 0.0810. The number of carbonyl (C=O) groups is 1. The van der Waals surface area contributed by atoms with Gasteiger partial charge in [-0.2, -0.15) is 0 Å². The van der Waals surface area contributed by atoms with Crippen molar-refractivity contribution >= 4 is 5.97 Å². The van der Waals surface area contributed by atoms with Crippen molar-refractivity contribution in [2.75, 3.05) is 0 Å². The average Bonchev–Trinajstić information content (AvgIpc) is 1.85. The molecule has 0 spiro atoms. The van der Waals surface area contributed by atoms with Gasteiger partial charge in [0.05, 0.1) is 12.5 Å². The molecule has 8 heavy (non-hydrogen) atoms. The molecule has 1 heterocycles. The smallest absolute Gasteiger partial charge is 0.307 e. The molecule has 2 N–H and O–H groups in total. The molecular formula is C5H9NO2. The Morgan fingerprint density at radius 2 is 2.50 bits per heavy atom. The van der Waals surface area contributed by atoms with Crippen molar-refractivity contribution in [3.63, 3.8) is 0 Å². The van der Waals surface area contributed by atoms with E-state index in [1.54, 1.807) is 6.92 Å². The van der Waals surface area contributed by atoms with Gasteiger partial charge < -0.3 is 10.5 Å². The number of cyclic esters (lactones) is 1. The van der Waals surface area contributed by atoms with Crippen molar-refractivity contribution in [1.29, 1.82) is 0 Å². The molecule has 1 fully saturated rings. The number of hydrogen-bond donors (Lipinski definition) is 1. The van der Waals surface area contributed by atoms with Crippen LogP contribution in [0.3, 0.4) is 0 Å². The van der Waals surface area contributed by atoms with Crippen LogP contribution in [-0.2, 0) is 9.53 Å². The SMILES string of the molecule is CC1OC(=O)CC1N. The fraction of sp³-hybridized carbons (Fsp3) is 0.800. The minimum Gasteiger partial charge on any atom is -0.461 e. The summed E-state index contributed by atoms with van der Waals surface area (Å²) in [5, 5.41) is 0. The van der Waals surface area contributed by atoms with E-state index in [-0.39, 0.29) is 18.1 Å². The highest BCUT2D eigenvalue weighted by Crippen LogP contribution is 2.10. The third kappa shape index (κ3) is 0.816. The molecule has 0 aliphatic carbocycles. The largest absolute Gasteiger partial charge is 0.461 e. The topological polar surface area (TPSA) is 52.3 Å². The summed E-state index contributed by atoms with van der Waals surface area (Å²) in [5.41, 5.74) is 5.42. The monoisotopic (exact) mass is 115 g/mol. The second-order valence-corrected chi connectivity index (χ2v) is 2.06. The van der Waals surface area contributed by atoms with Gasteiger partial charge >= 0.3 is 5.97 Å².